The minimum atomic E-state index is -1.03. The van der Waals surface area contributed by atoms with E-state index in [1.807, 2.05) is 43.3 Å². The molecule has 1 aliphatic heterocycles. The van der Waals surface area contributed by atoms with Gasteiger partial charge in [-0.2, -0.15) is 0 Å². The number of carbonyl (C=O) groups excluding carboxylic acids is 2. The number of hydrogen-bond donors (Lipinski definition) is 0. The Morgan fingerprint density at radius 2 is 1.79 bits per heavy atom. The maximum absolute atomic E-state index is 13.0. The van der Waals surface area contributed by atoms with Gasteiger partial charge in [0.2, 0.25) is 5.91 Å². The molecule has 0 N–H and O–H groups in total. The number of ketones is 1. The first-order chi connectivity index (χ1) is 11.5. The zero-order valence-corrected chi connectivity index (χ0v) is 14.2. The molecule has 0 saturated carbocycles. The third-order valence-corrected chi connectivity index (χ3v) is 4.74. The number of benzene rings is 2. The lowest BCUT2D eigenvalue weighted by atomic mass is 9.80. The molecule has 1 heterocycles. The monoisotopic (exact) mass is 323 g/mol. The van der Waals surface area contributed by atoms with Gasteiger partial charge < -0.3 is 9.64 Å². The molecule has 1 atom stereocenters. The minimum Gasteiger partial charge on any atom is -0.495 e. The molecule has 1 saturated heterocycles. The van der Waals surface area contributed by atoms with Crippen LogP contribution in [0, 0.1) is 12.3 Å². The van der Waals surface area contributed by atoms with Crippen LogP contribution in [0.2, 0.25) is 0 Å². The van der Waals surface area contributed by atoms with Crippen LogP contribution in [0.1, 0.15) is 29.3 Å². The summed E-state index contributed by atoms with van der Waals surface area (Å²) in [6.45, 7) is 4.22. The highest BCUT2D eigenvalue weighted by atomic mass is 16.5. The highest BCUT2D eigenvalue weighted by Gasteiger charge is 2.49. The predicted molar refractivity (Wildman–Crippen MR) is 93.6 cm³/mol. The van der Waals surface area contributed by atoms with E-state index in [1.165, 1.54) is 0 Å². The minimum absolute atomic E-state index is 0.120. The smallest absolute Gasteiger partial charge is 0.240 e. The topological polar surface area (TPSA) is 46.6 Å². The number of hydrogen-bond acceptors (Lipinski definition) is 3. The number of carbonyl (C=O) groups is 2. The molecule has 124 valence electrons. The number of Topliss-reactive ketones (excluding diaryl/α,β-unsaturated/α-hetero) is 1. The molecular formula is C20H21NO3. The Bertz CT molecular complexity index is 782. The van der Waals surface area contributed by atoms with Gasteiger partial charge in [-0.05, 0) is 32.4 Å². The summed E-state index contributed by atoms with van der Waals surface area (Å²) in [5, 5.41) is 0. The average molecular weight is 323 g/mol. The number of nitrogens with zero attached hydrogens (tertiary/aromatic N) is 1. The lowest BCUT2D eigenvalue weighted by Gasteiger charge is -2.23. The summed E-state index contributed by atoms with van der Waals surface area (Å²) in [6, 6.07) is 14.8. The Hall–Kier alpha value is -2.62. The van der Waals surface area contributed by atoms with Crippen LogP contribution in [0.25, 0.3) is 0 Å². The Balaban J connectivity index is 1.92. The van der Waals surface area contributed by atoms with Crippen LogP contribution in [0.4, 0.5) is 5.69 Å². The highest BCUT2D eigenvalue weighted by Crippen LogP contribution is 2.40. The predicted octanol–water partition coefficient (Wildman–Crippen LogP) is 3.63. The van der Waals surface area contributed by atoms with Crippen LogP contribution >= 0.6 is 0 Å². The number of anilines is 1. The summed E-state index contributed by atoms with van der Waals surface area (Å²) >= 11 is 0. The SMILES string of the molecule is COc1ccccc1N1CC[C@@](C)(C(=O)c2ccc(C)cc2)C1=O. The Labute approximate surface area is 142 Å². The Morgan fingerprint density at radius 3 is 2.46 bits per heavy atom. The van der Waals surface area contributed by atoms with Crippen molar-refractivity contribution in [1.29, 1.82) is 0 Å². The quantitative estimate of drug-likeness (QED) is 0.637. The third-order valence-electron chi connectivity index (χ3n) is 4.74. The Morgan fingerprint density at radius 1 is 1.12 bits per heavy atom. The van der Waals surface area contributed by atoms with Gasteiger partial charge in [-0.25, -0.2) is 0 Å². The van der Waals surface area contributed by atoms with E-state index in [2.05, 4.69) is 0 Å². The van der Waals surface area contributed by atoms with Gasteiger partial charge in [0.1, 0.15) is 11.2 Å². The molecule has 0 spiro atoms. The van der Waals surface area contributed by atoms with E-state index in [-0.39, 0.29) is 11.7 Å². The van der Waals surface area contributed by atoms with Gasteiger partial charge in [0.15, 0.2) is 5.78 Å². The number of para-hydroxylation sites is 2. The lowest BCUT2D eigenvalue weighted by Crippen LogP contribution is -2.38. The summed E-state index contributed by atoms with van der Waals surface area (Å²) in [7, 11) is 1.58. The second kappa shape index (κ2) is 6.11. The highest BCUT2D eigenvalue weighted by molar-refractivity contribution is 6.19. The van der Waals surface area contributed by atoms with E-state index < -0.39 is 5.41 Å². The number of aryl methyl sites for hydroxylation is 1. The van der Waals surface area contributed by atoms with Crippen molar-refractivity contribution < 1.29 is 14.3 Å². The molecule has 2 aromatic carbocycles. The molecule has 0 bridgehead atoms. The van der Waals surface area contributed by atoms with Gasteiger partial charge in [0, 0.05) is 12.1 Å². The molecule has 1 fully saturated rings. The maximum atomic E-state index is 13.0. The van der Waals surface area contributed by atoms with E-state index >= 15 is 0 Å². The first kappa shape index (κ1) is 16.2. The van der Waals surface area contributed by atoms with Crippen molar-refractivity contribution in [2.45, 2.75) is 20.3 Å². The summed E-state index contributed by atoms with van der Waals surface area (Å²) in [5.41, 5.74) is 1.35. The van der Waals surface area contributed by atoms with Crippen molar-refractivity contribution in [2.75, 3.05) is 18.6 Å². The first-order valence-corrected chi connectivity index (χ1v) is 8.04. The molecule has 4 nitrogen and oxygen atoms in total. The van der Waals surface area contributed by atoms with Crippen LogP contribution in [-0.4, -0.2) is 25.3 Å². The van der Waals surface area contributed by atoms with E-state index in [4.69, 9.17) is 4.74 Å². The Kier molecular flexibility index (Phi) is 4.14. The standard InChI is InChI=1S/C20H21NO3/c1-14-8-10-15(11-9-14)18(22)20(2)12-13-21(19(20)23)16-6-4-5-7-17(16)24-3/h4-11H,12-13H2,1-3H3/t20-/m0/s1. The second-order valence-corrected chi connectivity index (χ2v) is 6.41. The normalized spacial score (nSPS) is 20.3. The van der Waals surface area contributed by atoms with Crippen LogP contribution < -0.4 is 9.64 Å². The zero-order chi connectivity index (χ0) is 17.3. The van der Waals surface area contributed by atoms with Crippen LogP contribution in [0.3, 0.4) is 0 Å². The molecule has 0 aliphatic carbocycles. The van der Waals surface area contributed by atoms with E-state index in [9.17, 15) is 9.59 Å². The number of rotatable bonds is 4. The van der Waals surface area contributed by atoms with Crippen molar-refractivity contribution in [3.8, 4) is 5.75 Å². The average Bonchev–Trinajstić information content (AvgIpc) is 2.91. The van der Waals surface area contributed by atoms with Gasteiger partial charge in [0.05, 0.1) is 12.8 Å². The van der Waals surface area contributed by atoms with Gasteiger partial charge in [-0.15, -0.1) is 0 Å². The lowest BCUT2D eigenvalue weighted by molar-refractivity contribution is -0.122. The molecular weight excluding hydrogens is 302 g/mol. The molecule has 3 rings (SSSR count). The van der Waals surface area contributed by atoms with Crippen molar-refractivity contribution in [2.24, 2.45) is 5.41 Å². The summed E-state index contributed by atoms with van der Waals surface area (Å²) in [4.78, 5) is 27.6. The van der Waals surface area contributed by atoms with Crippen LogP contribution in [0.15, 0.2) is 48.5 Å². The van der Waals surface area contributed by atoms with Crippen molar-refractivity contribution >= 4 is 17.4 Å². The fourth-order valence-electron chi connectivity index (χ4n) is 3.16. The number of methoxy groups -OCH3 is 1. The maximum Gasteiger partial charge on any atom is 0.240 e. The molecule has 4 heteroatoms. The zero-order valence-electron chi connectivity index (χ0n) is 14.2. The summed E-state index contributed by atoms with van der Waals surface area (Å²) in [5.74, 6) is 0.348. The summed E-state index contributed by atoms with van der Waals surface area (Å²) in [6.07, 6.45) is 0.497. The van der Waals surface area contributed by atoms with Crippen LogP contribution in [-0.2, 0) is 4.79 Å². The molecule has 2 aromatic rings. The van der Waals surface area contributed by atoms with E-state index in [1.54, 1.807) is 31.1 Å². The van der Waals surface area contributed by atoms with Crippen molar-refractivity contribution in [1.82, 2.24) is 0 Å². The summed E-state index contributed by atoms with van der Waals surface area (Å²) < 4.78 is 5.35. The van der Waals surface area contributed by atoms with E-state index in [0.29, 0.717) is 30.0 Å². The second-order valence-electron chi connectivity index (χ2n) is 6.41. The molecule has 0 aromatic heterocycles. The van der Waals surface area contributed by atoms with Gasteiger partial charge >= 0.3 is 0 Å². The molecule has 0 radical (unpaired) electrons. The van der Waals surface area contributed by atoms with Gasteiger partial charge in [-0.1, -0.05) is 42.0 Å². The third kappa shape index (κ3) is 2.58. The number of amides is 1. The number of ether oxygens (including phenoxy) is 1. The fraction of sp³-hybridized carbons (Fsp3) is 0.300. The molecule has 0 unspecified atom stereocenters. The van der Waals surface area contributed by atoms with Crippen LogP contribution in [0.5, 0.6) is 5.75 Å². The van der Waals surface area contributed by atoms with Crippen molar-refractivity contribution in [3.05, 3.63) is 59.7 Å². The molecule has 1 aliphatic rings. The molecule has 24 heavy (non-hydrogen) atoms. The van der Waals surface area contributed by atoms with Gasteiger partial charge in [-0.3, -0.25) is 9.59 Å². The van der Waals surface area contributed by atoms with Gasteiger partial charge in [0.25, 0.3) is 0 Å². The molecule has 1 amide bonds. The fourth-order valence-corrected chi connectivity index (χ4v) is 3.16. The first-order valence-electron chi connectivity index (χ1n) is 8.04. The van der Waals surface area contributed by atoms with Crippen molar-refractivity contribution in [3.63, 3.8) is 0 Å². The van der Waals surface area contributed by atoms with E-state index in [0.717, 1.165) is 5.56 Å². The largest absolute Gasteiger partial charge is 0.495 e.